The normalized spacial score (nSPS) is 12.4. The summed E-state index contributed by atoms with van der Waals surface area (Å²) in [5, 5.41) is 12.0. The topological polar surface area (TPSA) is 53.4 Å². The van der Waals surface area contributed by atoms with Gasteiger partial charge in [-0.2, -0.15) is 0 Å². The minimum atomic E-state index is -0.784. The van der Waals surface area contributed by atoms with Gasteiger partial charge in [-0.25, -0.2) is 4.98 Å². The third kappa shape index (κ3) is 5.70. The highest BCUT2D eigenvalue weighted by atomic mass is 32.1. The molecule has 0 fully saturated rings. The molecule has 1 heterocycles. The average Bonchev–Trinajstić information content (AvgIpc) is 2.62. The van der Waals surface area contributed by atoms with Crippen molar-refractivity contribution >= 4 is 17.3 Å². The van der Waals surface area contributed by atoms with Gasteiger partial charge >= 0.3 is 5.97 Å². The van der Waals surface area contributed by atoms with Crippen molar-refractivity contribution in [1.29, 1.82) is 0 Å². The summed E-state index contributed by atoms with van der Waals surface area (Å²) >= 11 is 1.61. The number of hydrogen-bond acceptors (Lipinski definition) is 4. The first-order chi connectivity index (χ1) is 8.68. The zero-order chi connectivity index (χ0) is 14.6. The molecule has 0 aromatic carbocycles. The number of carboxylic acid groups (broad SMARTS) is 1. The van der Waals surface area contributed by atoms with Crippen LogP contribution in [0.1, 0.15) is 45.3 Å². The maximum Gasteiger partial charge on any atom is 0.317 e. The molecule has 0 aliphatic rings. The highest BCUT2D eigenvalue weighted by molar-refractivity contribution is 7.09. The molecule has 19 heavy (non-hydrogen) atoms. The van der Waals surface area contributed by atoms with E-state index in [1.54, 1.807) is 11.3 Å². The van der Waals surface area contributed by atoms with E-state index >= 15 is 0 Å². The standard InChI is InChI=1S/C14H24N2O2S/c1-10(2)6-16(8-13(17)18)7-12-15-11(9-19-12)14(3,4)5/h9-10H,6-8H2,1-5H3,(H,17,18). The Labute approximate surface area is 119 Å². The van der Waals surface area contributed by atoms with Crippen molar-refractivity contribution in [3.8, 4) is 0 Å². The van der Waals surface area contributed by atoms with Crippen molar-refractivity contribution in [3.63, 3.8) is 0 Å². The predicted octanol–water partition coefficient (Wildman–Crippen LogP) is 2.98. The van der Waals surface area contributed by atoms with Crippen LogP contribution in [0.4, 0.5) is 0 Å². The molecule has 0 amide bonds. The molecule has 5 heteroatoms. The van der Waals surface area contributed by atoms with Gasteiger partial charge in [0.25, 0.3) is 0 Å². The summed E-state index contributed by atoms with van der Waals surface area (Å²) in [6.07, 6.45) is 0. The first-order valence-corrected chi connectivity index (χ1v) is 7.45. The van der Waals surface area contributed by atoms with Crippen LogP contribution < -0.4 is 0 Å². The minimum absolute atomic E-state index is 0.0461. The van der Waals surface area contributed by atoms with Crippen LogP contribution >= 0.6 is 11.3 Å². The molecule has 0 radical (unpaired) electrons. The van der Waals surface area contributed by atoms with E-state index in [4.69, 9.17) is 5.11 Å². The number of nitrogens with zero attached hydrogens (tertiary/aromatic N) is 2. The van der Waals surface area contributed by atoms with Crippen LogP contribution in [0.25, 0.3) is 0 Å². The van der Waals surface area contributed by atoms with Crippen molar-refractivity contribution in [1.82, 2.24) is 9.88 Å². The number of aromatic nitrogens is 1. The number of carboxylic acids is 1. The summed E-state index contributed by atoms with van der Waals surface area (Å²) < 4.78 is 0. The lowest BCUT2D eigenvalue weighted by Gasteiger charge is -2.21. The van der Waals surface area contributed by atoms with Crippen molar-refractivity contribution in [3.05, 3.63) is 16.1 Å². The van der Waals surface area contributed by atoms with Gasteiger partial charge in [0.05, 0.1) is 18.8 Å². The van der Waals surface area contributed by atoms with Crippen LogP contribution in [0.15, 0.2) is 5.38 Å². The summed E-state index contributed by atoms with van der Waals surface area (Å²) in [6, 6.07) is 0. The second kappa shape index (κ2) is 6.48. The van der Waals surface area contributed by atoms with Crippen LogP contribution in [0.3, 0.4) is 0 Å². The Bertz CT molecular complexity index is 421. The van der Waals surface area contributed by atoms with E-state index in [0.29, 0.717) is 12.5 Å². The van der Waals surface area contributed by atoms with Gasteiger partial charge in [0.2, 0.25) is 0 Å². The maximum absolute atomic E-state index is 10.9. The molecule has 0 spiro atoms. The fourth-order valence-electron chi connectivity index (χ4n) is 1.81. The van der Waals surface area contributed by atoms with Gasteiger partial charge in [-0.15, -0.1) is 11.3 Å². The van der Waals surface area contributed by atoms with Gasteiger partial charge in [0.1, 0.15) is 5.01 Å². The molecule has 108 valence electrons. The van der Waals surface area contributed by atoms with E-state index in [0.717, 1.165) is 17.2 Å². The van der Waals surface area contributed by atoms with Crippen LogP contribution in [-0.4, -0.2) is 34.0 Å². The Morgan fingerprint density at radius 3 is 2.53 bits per heavy atom. The van der Waals surface area contributed by atoms with Crippen molar-refractivity contribution in [2.75, 3.05) is 13.1 Å². The first-order valence-electron chi connectivity index (χ1n) is 6.57. The van der Waals surface area contributed by atoms with Crippen LogP contribution in [-0.2, 0) is 16.8 Å². The zero-order valence-corrected chi connectivity index (χ0v) is 13.3. The highest BCUT2D eigenvalue weighted by Gasteiger charge is 2.19. The van der Waals surface area contributed by atoms with E-state index in [1.165, 1.54) is 0 Å². The third-order valence-corrected chi connectivity index (χ3v) is 3.49. The van der Waals surface area contributed by atoms with Crippen LogP contribution in [0.5, 0.6) is 0 Å². The summed E-state index contributed by atoms with van der Waals surface area (Å²) in [6.45, 7) is 12.1. The Morgan fingerprint density at radius 2 is 2.11 bits per heavy atom. The second-order valence-corrected chi connectivity index (χ2v) is 7.28. The van der Waals surface area contributed by atoms with Gasteiger partial charge in [0.15, 0.2) is 0 Å². The summed E-state index contributed by atoms with van der Waals surface area (Å²) in [5.41, 5.74) is 1.12. The van der Waals surface area contributed by atoms with Crippen LogP contribution in [0, 0.1) is 5.92 Å². The van der Waals surface area contributed by atoms with Gasteiger partial charge in [-0.05, 0) is 5.92 Å². The predicted molar refractivity (Wildman–Crippen MR) is 78.6 cm³/mol. The molecule has 0 bridgehead atoms. The average molecular weight is 284 g/mol. The molecular weight excluding hydrogens is 260 g/mol. The quantitative estimate of drug-likeness (QED) is 0.872. The van der Waals surface area contributed by atoms with E-state index in [-0.39, 0.29) is 12.0 Å². The van der Waals surface area contributed by atoms with E-state index in [2.05, 4.69) is 45.0 Å². The molecule has 0 aliphatic heterocycles. The smallest absolute Gasteiger partial charge is 0.317 e. The number of carbonyl (C=O) groups is 1. The minimum Gasteiger partial charge on any atom is -0.480 e. The number of aliphatic carboxylic acids is 1. The van der Waals surface area contributed by atoms with E-state index < -0.39 is 5.97 Å². The lowest BCUT2D eigenvalue weighted by molar-refractivity contribution is -0.138. The van der Waals surface area contributed by atoms with Gasteiger partial charge in [0, 0.05) is 17.3 Å². The van der Waals surface area contributed by atoms with Crippen molar-refractivity contribution < 1.29 is 9.90 Å². The van der Waals surface area contributed by atoms with Gasteiger partial charge < -0.3 is 5.11 Å². The van der Waals surface area contributed by atoms with Gasteiger partial charge in [-0.1, -0.05) is 34.6 Å². The monoisotopic (exact) mass is 284 g/mol. The molecule has 4 nitrogen and oxygen atoms in total. The maximum atomic E-state index is 10.9. The molecule has 1 aromatic rings. The highest BCUT2D eigenvalue weighted by Crippen LogP contribution is 2.24. The molecule has 1 N–H and O–H groups in total. The molecular formula is C14H24N2O2S. The number of rotatable bonds is 6. The van der Waals surface area contributed by atoms with Crippen molar-refractivity contribution in [2.24, 2.45) is 5.92 Å². The van der Waals surface area contributed by atoms with Crippen molar-refractivity contribution in [2.45, 2.75) is 46.6 Å². The molecule has 0 atom stereocenters. The third-order valence-electron chi connectivity index (χ3n) is 2.66. The zero-order valence-electron chi connectivity index (χ0n) is 12.4. The molecule has 1 aromatic heterocycles. The second-order valence-electron chi connectivity index (χ2n) is 6.33. The lowest BCUT2D eigenvalue weighted by Crippen LogP contribution is -2.32. The largest absolute Gasteiger partial charge is 0.480 e. The Morgan fingerprint density at radius 1 is 1.47 bits per heavy atom. The molecule has 0 aliphatic carbocycles. The van der Waals surface area contributed by atoms with E-state index in [9.17, 15) is 4.79 Å². The summed E-state index contributed by atoms with van der Waals surface area (Å²) in [5.74, 6) is -0.338. The number of hydrogen-bond donors (Lipinski definition) is 1. The summed E-state index contributed by atoms with van der Waals surface area (Å²) in [7, 11) is 0. The lowest BCUT2D eigenvalue weighted by atomic mass is 9.93. The Balaban J connectivity index is 2.73. The first kappa shape index (κ1) is 16.1. The Kier molecular flexibility index (Phi) is 5.50. The SMILES string of the molecule is CC(C)CN(CC(=O)O)Cc1nc(C(C)(C)C)cs1. The molecule has 0 unspecified atom stereocenters. The van der Waals surface area contributed by atoms with E-state index in [1.807, 2.05) is 4.90 Å². The summed E-state index contributed by atoms with van der Waals surface area (Å²) in [4.78, 5) is 17.4. The molecule has 0 saturated carbocycles. The Hall–Kier alpha value is -0.940. The molecule has 1 rings (SSSR count). The van der Waals surface area contributed by atoms with Gasteiger partial charge in [-0.3, -0.25) is 9.69 Å². The fraction of sp³-hybridized carbons (Fsp3) is 0.714. The molecule has 0 saturated heterocycles. The number of thiazole rings is 1. The fourth-order valence-corrected chi connectivity index (χ4v) is 2.87. The van der Waals surface area contributed by atoms with Crippen LogP contribution in [0.2, 0.25) is 0 Å².